The average Bonchev–Trinajstić information content (AvgIpc) is 3.68. The molecular weight excluding hydrogens is 959 g/mol. The van der Waals surface area contributed by atoms with Gasteiger partial charge in [-0.3, -0.25) is 9.59 Å². The predicted octanol–water partition coefficient (Wildman–Crippen LogP) is 6.96. The summed E-state index contributed by atoms with van der Waals surface area (Å²) in [6, 6.07) is 31.7. The summed E-state index contributed by atoms with van der Waals surface area (Å²) in [4.78, 5) is 85.4. The number of carboxylic acids is 3. The third-order valence-electron chi connectivity index (χ3n) is 15.7. The maximum Gasteiger partial charge on any atom is 0.363 e. The second kappa shape index (κ2) is 17.5. The monoisotopic (exact) mass is 1010 g/mol. The highest BCUT2D eigenvalue weighted by molar-refractivity contribution is 6.11. The number of amides is 2. The number of hydroxylamine groups is 2. The molecule has 17 heteroatoms. The third-order valence-corrected chi connectivity index (χ3v) is 15.7. The summed E-state index contributed by atoms with van der Waals surface area (Å²) in [5.74, 6) is -3.85. The van der Waals surface area contributed by atoms with E-state index in [0.717, 1.165) is 87.3 Å². The molecule has 7 aliphatic heterocycles. The van der Waals surface area contributed by atoms with Crippen molar-refractivity contribution >= 4 is 69.0 Å². The molecule has 9 aliphatic rings. The molecule has 2 amide bonds. The number of imide groups is 1. The topological polar surface area (TPSA) is 214 Å². The summed E-state index contributed by atoms with van der Waals surface area (Å²) in [5.41, 5.74) is 5.95. The van der Waals surface area contributed by atoms with Crippen molar-refractivity contribution in [1.82, 2.24) is 14.2 Å². The lowest BCUT2D eigenvalue weighted by Gasteiger charge is -2.34. The zero-order valence-electron chi connectivity index (χ0n) is 40.3. The molecule has 0 bridgehead atoms. The van der Waals surface area contributed by atoms with Crippen LogP contribution >= 0.6 is 0 Å². The van der Waals surface area contributed by atoms with Crippen molar-refractivity contribution in [2.24, 2.45) is 11.8 Å². The SMILES string of the molecule is O=C(O)c1ccc(C(=O)O)c(-c2c3ccc(=[N+]4CC(C5C[N+](=c6ccc7c(-c8cc(C(=O)ON9C(=O)CCC9=O)ccc8C(=O)O)c8ccc(N9CCC9)cc8oc-7c6)C5)C4)cc-3oc3cc(N4CCC4)ccc23)c1. The number of rotatable bonds is 10. The van der Waals surface area contributed by atoms with E-state index in [1.54, 1.807) is 0 Å². The van der Waals surface area contributed by atoms with Crippen LogP contribution in [-0.2, 0) is 14.4 Å². The van der Waals surface area contributed by atoms with Gasteiger partial charge in [-0.15, -0.1) is 5.06 Å². The summed E-state index contributed by atoms with van der Waals surface area (Å²) in [7, 11) is 0. The zero-order valence-corrected chi connectivity index (χ0v) is 40.3. The molecule has 7 heterocycles. The Morgan fingerprint density at radius 3 is 1.39 bits per heavy atom. The molecule has 4 aromatic carbocycles. The van der Waals surface area contributed by atoms with Gasteiger partial charge in [-0.2, -0.15) is 0 Å². The van der Waals surface area contributed by atoms with Crippen LogP contribution in [0.3, 0.4) is 0 Å². The standard InChI is InChI=1S/C58H45N5O12/c64-51-15-16-52(65)63(51)75-58(72)32-4-10-40(57(70)71)46(22-32)54-42-12-6-36(60-19-2-20-60)24-48(42)74-50-26-38(8-14-44(50)54)62-29-34(30-62)33-27-61(28-33)37-7-13-43-49(25-37)73-47-23-35(59-17-1-18-59)5-11-41(47)53(43)45-21-31(55(66)67)3-9-39(45)56(68)69/h3-14,21-26,33-34H,1-2,15-20,27-30H2,(H-2,66,67,68,69,70,71)/p+2. The molecule has 0 unspecified atom stereocenters. The van der Waals surface area contributed by atoms with Crippen LogP contribution < -0.4 is 29.7 Å². The van der Waals surface area contributed by atoms with Crippen LogP contribution in [-0.4, -0.2) is 108 Å². The van der Waals surface area contributed by atoms with Crippen molar-refractivity contribution in [3.05, 3.63) is 142 Å². The number of aromatic carboxylic acids is 3. The first-order valence-electron chi connectivity index (χ1n) is 25.1. The molecule has 0 saturated carbocycles. The fourth-order valence-electron chi connectivity index (χ4n) is 11.2. The van der Waals surface area contributed by atoms with E-state index < -0.39 is 35.7 Å². The van der Waals surface area contributed by atoms with Gasteiger partial charge in [0.1, 0.15) is 22.7 Å². The second-order valence-corrected chi connectivity index (χ2v) is 20.1. The second-order valence-electron chi connectivity index (χ2n) is 20.1. The van der Waals surface area contributed by atoms with Gasteiger partial charge < -0.3 is 38.8 Å². The molecule has 2 aliphatic carbocycles. The molecule has 0 atom stereocenters. The largest absolute Gasteiger partial charge is 0.478 e. The molecule has 5 fully saturated rings. The number of anilines is 2. The minimum Gasteiger partial charge on any atom is -0.478 e. The summed E-state index contributed by atoms with van der Waals surface area (Å²) in [5, 5.41) is 34.4. The van der Waals surface area contributed by atoms with Gasteiger partial charge in [0, 0.05) is 108 Å². The highest BCUT2D eigenvalue weighted by Gasteiger charge is 2.47. The molecule has 13 rings (SSSR count). The van der Waals surface area contributed by atoms with E-state index in [1.165, 1.54) is 36.4 Å². The number of fused-ring (bicyclic) bond motifs is 4. The minimum absolute atomic E-state index is 0.00659. The molecule has 0 aromatic heterocycles. The number of benzene rings is 6. The molecule has 17 nitrogen and oxygen atoms in total. The van der Waals surface area contributed by atoms with E-state index in [1.807, 2.05) is 72.8 Å². The molecule has 374 valence electrons. The Balaban J connectivity index is 0.827. The Morgan fingerprint density at radius 1 is 0.507 bits per heavy atom. The number of carboxylic acid groups (broad SMARTS) is 3. The Kier molecular flexibility index (Phi) is 10.7. The van der Waals surface area contributed by atoms with Crippen molar-refractivity contribution in [2.75, 3.05) is 62.2 Å². The first-order valence-corrected chi connectivity index (χ1v) is 25.1. The van der Waals surface area contributed by atoms with E-state index in [2.05, 4.69) is 19.0 Å². The highest BCUT2D eigenvalue weighted by atomic mass is 16.7. The van der Waals surface area contributed by atoms with Crippen LogP contribution in [0.1, 0.15) is 67.1 Å². The fourth-order valence-corrected chi connectivity index (χ4v) is 11.2. The van der Waals surface area contributed by atoms with Crippen LogP contribution in [0.5, 0.6) is 0 Å². The average molecular weight is 1010 g/mol. The maximum absolute atomic E-state index is 13.4. The van der Waals surface area contributed by atoms with E-state index in [-0.39, 0.29) is 40.7 Å². The van der Waals surface area contributed by atoms with Crippen LogP contribution in [0.15, 0.2) is 118 Å². The predicted molar refractivity (Wildman–Crippen MR) is 275 cm³/mol. The van der Waals surface area contributed by atoms with Crippen molar-refractivity contribution in [1.29, 1.82) is 0 Å². The summed E-state index contributed by atoms with van der Waals surface area (Å²) in [6.07, 6.45) is 2.03. The lowest BCUT2D eigenvalue weighted by molar-refractivity contribution is -0.172. The number of hydrogen-bond donors (Lipinski definition) is 3. The Morgan fingerprint density at radius 2 is 0.960 bits per heavy atom. The van der Waals surface area contributed by atoms with Crippen LogP contribution in [0, 0.1) is 11.8 Å². The molecule has 75 heavy (non-hydrogen) atoms. The van der Waals surface area contributed by atoms with Crippen molar-refractivity contribution < 1.29 is 57.8 Å². The van der Waals surface area contributed by atoms with Gasteiger partial charge in [-0.05, 0) is 96.8 Å². The van der Waals surface area contributed by atoms with Gasteiger partial charge in [0.15, 0.2) is 26.2 Å². The maximum atomic E-state index is 13.4. The lowest BCUT2D eigenvalue weighted by atomic mass is 9.82. The number of carbonyl (C=O) groups is 6. The Hall–Kier alpha value is -9.12. The summed E-state index contributed by atoms with van der Waals surface area (Å²) < 4.78 is 17.9. The first kappa shape index (κ1) is 45.7. The number of nitrogens with zero attached hydrogens (tertiary/aromatic N) is 5. The Labute approximate surface area is 426 Å². The molecule has 0 spiro atoms. The fraction of sp³-hybridized carbons (Fsp3) is 0.241. The van der Waals surface area contributed by atoms with Gasteiger partial charge >= 0.3 is 23.9 Å². The van der Waals surface area contributed by atoms with Gasteiger partial charge in [-0.25, -0.2) is 28.3 Å². The molecule has 3 N–H and O–H groups in total. The van der Waals surface area contributed by atoms with Crippen molar-refractivity contribution in [3.8, 4) is 44.9 Å². The lowest BCUT2D eigenvalue weighted by Crippen LogP contribution is -2.61. The molecule has 0 radical (unpaired) electrons. The molecule has 5 saturated heterocycles. The van der Waals surface area contributed by atoms with Crippen molar-refractivity contribution in [2.45, 2.75) is 25.7 Å². The van der Waals surface area contributed by atoms with E-state index in [9.17, 15) is 44.1 Å². The summed E-state index contributed by atoms with van der Waals surface area (Å²) in [6.45, 7) is 6.91. The van der Waals surface area contributed by atoms with Crippen LogP contribution in [0.4, 0.5) is 11.4 Å². The van der Waals surface area contributed by atoms with Crippen molar-refractivity contribution in [3.63, 3.8) is 0 Å². The zero-order chi connectivity index (χ0) is 51.4. The summed E-state index contributed by atoms with van der Waals surface area (Å²) >= 11 is 0. The Bertz CT molecular complexity index is 3910. The van der Waals surface area contributed by atoms with Crippen LogP contribution in [0.25, 0.3) is 66.8 Å². The van der Waals surface area contributed by atoms with Gasteiger partial charge in [0.25, 0.3) is 11.8 Å². The van der Waals surface area contributed by atoms with E-state index >= 15 is 0 Å². The van der Waals surface area contributed by atoms with Gasteiger partial charge in [-0.1, -0.05) is 0 Å². The number of hydrogen-bond acceptors (Lipinski definition) is 11. The van der Waals surface area contributed by atoms with E-state index in [0.29, 0.717) is 78.2 Å². The minimum atomic E-state index is -1.21. The normalized spacial score (nSPS) is 18.3. The molecular formula is C58H47N5O12+2. The smallest absolute Gasteiger partial charge is 0.363 e. The molecule has 4 aromatic rings. The first-order chi connectivity index (χ1) is 36.3. The van der Waals surface area contributed by atoms with Gasteiger partial charge in [0.05, 0.1) is 46.2 Å². The third kappa shape index (κ3) is 7.75. The van der Waals surface area contributed by atoms with E-state index in [4.69, 9.17) is 13.7 Å². The highest BCUT2D eigenvalue weighted by Crippen LogP contribution is 2.45. The van der Waals surface area contributed by atoms with Crippen LogP contribution in [0.2, 0.25) is 0 Å². The number of carbonyl (C=O) groups excluding carboxylic acids is 3. The van der Waals surface area contributed by atoms with Gasteiger partial charge in [0.2, 0.25) is 10.7 Å². The quantitative estimate of drug-likeness (QED) is 0.0718.